The van der Waals surface area contributed by atoms with Crippen molar-refractivity contribution >= 4 is 21.7 Å². The Hall–Kier alpha value is -1.05. The molecule has 1 aromatic carbocycles. The summed E-state index contributed by atoms with van der Waals surface area (Å²) >= 11 is 2.55. The van der Waals surface area contributed by atoms with Gasteiger partial charge in [-0.25, -0.2) is 17.6 Å². The number of carbonyl (C=O) groups is 1. The van der Waals surface area contributed by atoms with Crippen LogP contribution in [0.3, 0.4) is 0 Å². The molecule has 0 unspecified atom stereocenters. The van der Waals surface area contributed by atoms with Gasteiger partial charge >= 0.3 is 12.3 Å². The number of alkyl halides is 4. The zero-order chi connectivity index (χ0) is 13.4. The molecule has 8 heteroatoms. The largest absolute Gasteiger partial charge is 0.368 e. The Morgan fingerprint density at radius 3 is 2.18 bits per heavy atom. The van der Waals surface area contributed by atoms with Crippen LogP contribution in [-0.4, -0.2) is 18.1 Å². The van der Waals surface area contributed by atoms with Crippen LogP contribution in [0, 0.1) is 11.6 Å². The van der Waals surface area contributed by atoms with E-state index in [1.54, 1.807) is 0 Å². The normalized spacial score (nSPS) is 12.0. The summed E-state index contributed by atoms with van der Waals surface area (Å²) in [6.07, 6.45) is -4.29. The first kappa shape index (κ1) is 14.0. The highest BCUT2D eigenvalue weighted by molar-refractivity contribution is 9.10. The van der Waals surface area contributed by atoms with Crippen LogP contribution >= 0.6 is 15.9 Å². The summed E-state index contributed by atoms with van der Waals surface area (Å²) in [6, 6.07) is 0.544. The predicted octanol–water partition coefficient (Wildman–Crippen LogP) is 3.81. The Labute approximate surface area is 99.5 Å². The Kier molecular flexibility index (Phi) is 3.85. The summed E-state index contributed by atoms with van der Waals surface area (Å²) in [5, 5.41) is 0. The summed E-state index contributed by atoms with van der Waals surface area (Å²) in [5.41, 5.74) is -1.42. The van der Waals surface area contributed by atoms with E-state index in [1.807, 2.05) is 0 Å². The van der Waals surface area contributed by atoms with Crippen molar-refractivity contribution in [2.75, 3.05) is 0 Å². The van der Waals surface area contributed by atoms with Gasteiger partial charge in [0.1, 0.15) is 11.6 Å². The number of rotatable bonds is 3. The van der Waals surface area contributed by atoms with E-state index in [1.165, 1.54) is 0 Å². The van der Waals surface area contributed by atoms with Gasteiger partial charge in [-0.2, -0.15) is 8.78 Å². The minimum atomic E-state index is -5.05. The topological polar surface area (TPSA) is 17.1 Å². The van der Waals surface area contributed by atoms with Crippen molar-refractivity contribution in [2.24, 2.45) is 0 Å². The molecule has 0 atom stereocenters. The van der Waals surface area contributed by atoms with E-state index in [0.29, 0.717) is 6.07 Å². The number of ketones is 1. The van der Waals surface area contributed by atoms with Crippen LogP contribution in [0.1, 0.15) is 10.4 Å². The molecule has 0 aromatic heterocycles. The molecule has 1 aromatic rings. The standard InChI is InChI=1S/C9H3BrF6O/c10-4-2-5(11)3(1-6(4)12)7(17)9(15,16)8(13)14/h1-2,8H. The van der Waals surface area contributed by atoms with Gasteiger partial charge in [0.2, 0.25) is 5.78 Å². The summed E-state index contributed by atoms with van der Waals surface area (Å²) in [6.45, 7) is 0. The molecule has 0 aliphatic rings. The van der Waals surface area contributed by atoms with Crippen molar-refractivity contribution in [2.45, 2.75) is 12.3 Å². The molecule has 0 heterocycles. The van der Waals surface area contributed by atoms with Crippen LogP contribution in [0.25, 0.3) is 0 Å². The van der Waals surface area contributed by atoms with Crippen LogP contribution in [0.2, 0.25) is 0 Å². The van der Waals surface area contributed by atoms with Gasteiger partial charge in [-0.1, -0.05) is 0 Å². The molecular weight excluding hydrogens is 318 g/mol. The first-order chi connectivity index (χ1) is 7.67. The maximum absolute atomic E-state index is 13.1. The first-order valence-electron chi connectivity index (χ1n) is 4.03. The maximum Gasteiger partial charge on any atom is 0.368 e. The fraction of sp³-hybridized carbons (Fsp3) is 0.222. The second kappa shape index (κ2) is 4.67. The van der Waals surface area contributed by atoms with E-state index in [4.69, 9.17) is 0 Å². The third kappa shape index (κ3) is 2.62. The SMILES string of the molecule is O=C(c1cc(F)c(Br)cc1F)C(F)(F)C(F)F. The molecule has 0 fully saturated rings. The number of hydrogen-bond acceptors (Lipinski definition) is 1. The maximum atomic E-state index is 13.1. The fourth-order valence-corrected chi connectivity index (χ4v) is 1.29. The Balaban J connectivity index is 3.27. The highest BCUT2D eigenvalue weighted by atomic mass is 79.9. The van der Waals surface area contributed by atoms with E-state index in [0.717, 1.165) is 0 Å². The summed E-state index contributed by atoms with van der Waals surface area (Å²) in [4.78, 5) is 10.9. The van der Waals surface area contributed by atoms with E-state index in [2.05, 4.69) is 15.9 Å². The molecule has 0 amide bonds. The van der Waals surface area contributed by atoms with E-state index in [9.17, 15) is 31.1 Å². The Bertz CT molecular complexity index is 459. The van der Waals surface area contributed by atoms with Crippen LogP contribution in [-0.2, 0) is 0 Å². The smallest absolute Gasteiger partial charge is 0.287 e. The Morgan fingerprint density at radius 1 is 1.18 bits per heavy atom. The lowest BCUT2D eigenvalue weighted by molar-refractivity contribution is -0.0960. The van der Waals surface area contributed by atoms with Crippen molar-refractivity contribution in [1.82, 2.24) is 0 Å². The van der Waals surface area contributed by atoms with Gasteiger partial charge in [0, 0.05) is 0 Å². The lowest BCUT2D eigenvalue weighted by Crippen LogP contribution is -2.37. The summed E-state index contributed by atoms with van der Waals surface area (Å²) < 4.78 is 74.6. The Morgan fingerprint density at radius 2 is 1.71 bits per heavy atom. The van der Waals surface area contributed by atoms with E-state index in [-0.39, 0.29) is 6.07 Å². The monoisotopic (exact) mass is 320 g/mol. The van der Waals surface area contributed by atoms with Gasteiger partial charge in [-0.15, -0.1) is 0 Å². The second-order valence-electron chi connectivity index (χ2n) is 3.00. The molecule has 0 saturated carbocycles. The van der Waals surface area contributed by atoms with Crippen LogP contribution in [0.15, 0.2) is 16.6 Å². The number of hydrogen-bond donors (Lipinski definition) is 0. The van der Waals surface area contributed by atoms with Crippen molar-refractivity contribution in [3.05, 3.63) is 33.8 Å². The van der Waals surface area contributed by atoms with Gasteiger partial charge in [-0.3, -0.25) is 4.79 Å². The fourth-order valence-electron chi connectivity index (χ4n) is 0.975. The molecule has 1 nitrogen and oxygen atoms in total. The molecule has 0 aliphatic heterocycles. The highest BCUT2D eigenvalue weighted by Gasteiger charge is 2.50. The lowest BCUT2D eigenvalue weighted by atomic mass is 10.0. The first-order valence-corrected chi connectivity index (χ1v) is 4.82. The summed E-state index contributed by atoms with van der Waals surface area (Å²) in [5.74, 6) is -10.2. The summed E-state index contributed by atoms with van der Waals surface area (Å²) in [7, 11) is 0. The molecule has 94 valence electrons. The molecule has 0 N–H and O–H groups in total. The number of halogens is 7. The van der Waals surface area contributed by atoms with Crippen molar-refractivity contribution in [3.8, 4) is 0 Å². The van der Waals surface area contributed by atoms with Crippen LogP contribution in [0.4, 0.5) is 26.3 Å². The minimum absolute atomic E-state index is 0.137. The molecule has 0 bridgehead atoms. The van der Waals surface area contributed by atoms with Crippen LogP contribution < -0.4 is 0 Å². The zero-order valence-corrected chi connectivity index (χ0v) is 9.37. The highest BCUT2D eigenvalue weighted by Crippen LogP contribution is 2.30. The number of benzene rings is 1. The van der Waals surface area contributed by atoms with Gasteiger partial charge in [0.15, 0.2) is 0 Å². The van der Waals surface area contributed by atoms with Crippen molar-refractivity contribution in [1.29, 1.82) is 0 Å². The zero-order valence-electron chi connectivity index (χ0n) is 7.79. The minimum Gasteiger partial charge on any atom is -0.287 e. The van der Waals surface area contributed by atoms with Crippen molar-refractivity contribution in [3.63, 3.8) is 0 Å². The molecule has 0 radical (unpaired) electrons. The molecular formula is C9H3BrF6O. The third-order valence-corrected chi connectivity index (χ3v) is 2.44. The number of Topliss-reactive ketones (excluding diaryl/α,β-unsaturated/α-hetero) is 1. The molecule has 0 aliphatic carbocycles. The third-order valence-electron chi connectivity index (χ3n) is 1.83. The van der Waals surface area contributed by atoms with Gasteiger partial charge in [0.25, 0.3) is 0 Å². The average Bonchev–Trinajstić information content (AvgIpc) is 2.22. The van der Waals surface area contributed by atoms with Gasteiger partial charge in [0.05, 0.1) is 10.0 Å². The van der Waals surface area contributed by atoms with E-state index >= 15 is 0 Å². The molecule has 0 saturated heterocycles. The quantitative estimate of drug-likeness (QED) is 0.470. The second-order valence-corrected chi connectivity index (χ2v) is 3.85. The van der Waals surface area contributed by atoms with Gasteiger partial charge < -0.3 is 0 Å². The molecule has 17 heavy (non-hydrogen) atoms. The number of carbonyl (C=O) groups excluding carboxylic acids is 1. The lowest BCUT2D eigenvalue weighted by Gasteiger charge is -2.14. The van der Waals surface area contributed by atoms with E-state index < -0.39 is 39.8 Å². The molecule has 1 rings (SSSR count). The van der Waals surface area contributed by atoms with Gasteiger partial charge in [-0.05, 0) is 28.1 Å². The van der Waals surface area contributed by atoms with Crippen LogP contribution in [0.5, 0.6) is 0 Å². The predicted molar refractivity (Wildman–Crippen MR) is 49.3 cm³/mol. The molecule has 0 spiro atoms. The van der Waals surface area contributed by atoms with Crippen molar-refractivity contribution < 1.29 is 31.1 Å². The average molecular weight is 321 g/mol.